The van der Waals surface area contributed by atoms with Gasteiger partial charge in [-0.2, -0.15) is 0 Å². The van der Waals surface area contributed by atoms with Crippen molar-refractivity contribution in [1.29, 1.82) is 0 Å². The number of nitrogen functional groups attached to an aromatic ring is 1. The summed E-state index contributed by atoms with van der Waals surface area (Å²) in [6.07, 6.45) is 4.36. The SMILES string of the molecule is CC1CC=C(c2ccc(-c3ccc(-c4ccc(N)cc4)cc3)c(F)c2)C1. The summed E-state index contributed by atoms with van der Waals surface area (Å²) in [5.41, 5.74) is 12.5. The van der Waals surface area contributed by atoms with Gasteiger partial charge in [0, 0.05) is 11.3 Å². The molecule has 0 saturated heterocycles. The Morgan fingerprint density at radius 2 is 1.38 bits per heavy atom. The summed E-state index contributed by atoms with van der Waals surface area (Å²) in [4.78, 5) is 0. The molecule has 3 aromatic carbocycles. The molecule has 0 amide bonds. The van der Waals surface area contributed by atoms with Gasteiger partial charge in [-0.25, -0.2) is 4.39 Å². The summed E-state index contributed by atoms with van der Waals surface area (Å²) in [6, 6.07) is 21.4. The number of rotatable bonds is 3. The van der Waals surface area contributed by atoms with Crippen molar-refractivity contribution in [3.8, 4) is 22.3 Å². The molecule has 1 aliphatic rings. The zero-order chi connectivity index (χ0) is 18.1. The van der Waals surface area contributed by atoms with Crippen LogP contribution in [0.1, 0.15) is 25.3 Å². The molecule has 2 heteroatoms. The normalized spacial score (nSPS) is 16.5. The fourth-order valence-electron chi connectivity index (χ4n) is 3.59. The van der Waals surface area contributed by atoms with Crippen LogP contribution in [0.25, 0.3) is 27.8 Å². The molecular weight excluding hydrogens is 321 g/mol. The van der Waals surface area contributed by atoms with Crippen LogP contribution in [0.5, 0.6) is 0 Å². The molecule has 0 bridgehead atoms. The first-order chi connectivity index (χ1) is 12.6. The average molecular weight is 343 g/mol. The first-order valence-corrected chi connectivity index (χ1v) is 9.05. The van der Waals surface area contributed by atoms with Crippen LogP contribution in [0, 0.1) is 11.7 Å². The van der Waals surface area contributed by atoms with Crippen LogP contribution < -0.4 is 5.73 Å². The Labute approximate surface area is 154 Å². The van der Waals surface area contributed by atoms with Gasteiger partial charge in [0.25, 0.3) is 0 Å². The maximum absolute atomic E-state index is 14.7. The second-order valence-corrected chi connectivity index (χ2v) is 7.17. The predicted molar refractivity (Wildman–Crippen MR) is 108 cm³/mol. The third-order valence-corrected chi connectivity index (χ3v) is 5.11. The van der Waals surface area contributed by atoms with E-state index in [2.05, 4.69) is 13.0 Å². The molecule has 0 spiro atoms. The summed E-state index contributed by atoms with van der Waals surface area (Å²) < 4.78 is 14.7. The van der Waals surface area contributed by atoms with Gasteiger partial charge in [-0.05, 0) is 64.8 Å². The number of hydrogen-bond acceptors (Lipinski definition) is 1. The van der Waals surface area contributed by atoms with Crippen LogP contribution in [-0.4, -0.2) is 0 Å². The van der Waals surface area contributed by atoms with E-state index in [-0.39, 0.29) is 5.82 Å². The molecule has 0 heterocycles. The molecule has 0 radical (unpaired) electrons. The minimum Gasteiger partial charge on any atom is -0.399 e. The van der Waals surface area contributed by atoms with E-state index in [0.717, 1.165) is 40.8 Å². The van der Waals surface area contributed by atoms with E-state index >= 15 is 0 Å². The molecule has 130 valence electrons. The molecule has 4 rings (SSSR count). The zero-order valence-corrected chi connectivity index (χ0v) is 14.9. The Morgan fingerprint density at radius 1 is 0.808 bits per heavy atom. The number of nitrogens with two attached hydrogens (primary N) is 1. The van der Waals surface area contributed by atoms with Gasteiger partial charge in [0.05, 0.1) is 0 Å². The topological polar surface area (TPSA) is 26.0 Å². The number of halogens is 1. The van der Waals surface area contributed by atoms with Gasteiger partial charge >= 0.3 is 0 Å². The molecule has 1 unspecified atom stereocenters. The van der Waals surface area contributed by atoms with Gasteiger partial charge < -0.3 is 5.73 Å². The predicted octanol–water partition coefficient (Wildman–Crippen LogP) is 6.56. The van der Waals surface area contributed by atoms with Gasteiger partial charge in [-0.15, -0.1) is 0 Å². The van der Waals surface area contributed by atoms with Crippen molar-refractivity contribution in [3.05, 3.63) is 84.2 Å². The van der Waals surface area contributed by atoms with Crippen LogP contribution in [0.15, 0.2) is 72.8 Å². The standard InChI is InChI=1S/C24H22FN/c1-16-2-3-20(14-16)21-10-13-23(24(25)15-21)19-6-4-17(5-7-19)18-8-11-22(26)12-9-18/h3-13,15-16H,2,14,26H2,1H3. The maximum atomic E-state index is 14.7. The van der Waals surface area contributed by atoms with Crippen LogP contribution in [-0.2, 0) is 0 Å². The Kier molecular flexibility index (Phi) is 4.34. The highest BCUT2D eigenvalue weighted by Crippen LogP contribution is 2.34. The van der Waals surface area contributed by atoms with E-state index in [1.54, 1.807) is 6.07 Å². The maximum Gasteiger partial charge on any atom is 0.131 e. The molecule has 0 aromatic heterocycles. The lowest BCUT2D eigenvalue weighted by atomic mass is 9.96. The van der Waals surface area contributed by atoms with Crippen molar-refractivity contribution in [3.63, 3.8) is 0 Å². The van der Waals surface area contributed by atoms with E-state index in [4.69, 9.17) is 5.73 Å². The summed E-state index contributed by atoms with van der Waals surface area (Å²) in [7, 11) is 0. The van der Waals surface area contributed by atoms with Crippen LogP contribution >= 0.6 is 0 Å². The second-order valence-electron chi connectivity index (χ2n) is 7.17. The van der Waals surface area contributed by atoms with E-state index in [0.29, 0.717) is 11.5 Å². The molecule has 2 N–H and O–H groups in total. The van der Waals surface area contributed by atoms with Crippen LogP contribution in [0.2, 0.25) is 0 Å². The number of benzene rings is 3. The summed E-state index contributed by atoms with van der Waals surface area (Å²) in [6.45, 7) is 2.23. The lowest BCUT2D eigenvalue weighted by Gasteiger charge is -2.09. The highest BCUT2D eigenvalue weighted by molar-refractivity contribution is 5.74. The lowest BCUT2D eigenvalue weighted by Crippen LogP contribution is -1.90. The van der Waals surface area contributed by atoms with Crippen molar-refractivity contribution in [2.45, 2.75) is 19.8 Å². The van der Waals surface area contributed by atoms with E-state index < -0.39 is 0 Å². The molecule has 1 atom stereocenters. The van der Waals surface area contributed by atoms with Crippen molar-refractivity contribution in [2.24, 2.45) is 5.92 Å². The molecule has 26 heavy (non-hydrogen) atoms. The molecule has 0 saturated carbocycles. The Morgan fingerprint density at radius 3 is 1.96 bits per heavy atom. The fourth-order valence-corrected chi connectivity index (χ4v) is 3.59. The van der Waals surface area contributed by atoms with Crippen molar-refractivity contribution < 1.29 is 4.39 Å². The van der Waals surface area contributed by atoms with Crippen molar-refractivity contribution in [2.75, 3.05) is 5.73 Å². The van der Waals surface area contributed by atoms with Gasteiger partial charge in [-0.1, -0.05) is 61.5 Å². The first kappa shape index (κ1) is 16.6. The molecule has 1 aliphatic carbocycles. The van der Waals surface area contributed by atoms with Crippen molar-refractivity contribution in [1.82, 2.24) is 0 Å². The fraction of sp³-hybridized carbons (Fsp3) is 0.167. The molecular formula is C24H22FN. The van der Waals surface area contributed by atoms with E-state index in [9.17, 15) is 4.39 Å². The number of allylic oxidation sites excluding steroid dienone is 2. The van der Waals surface area contributed by atoms with E-state index in [1.165, 1.54) is 5.57 Å². The first-order valence-electron chi connectivity index (χ1n) is 9.05. The van der Waals surface area contributed by atoms with Gasteiger partial charge in [0.1, 0.15) is 5.82 Å². The second kappa shape index (κ2) is 6.80. The average Bonchev–Trinajstić information content (AvgIpc) is 3.09. The molecule has 0 fully saturated rings. The molecule has 0 aliphatic heterocycles. The van der Waals surface area contributed by atoms with Gasteiger partial charge in [0.2, 0.25) is 0 Å². The lowest BCUT2D eigenvalue weighted by molar-refractivity contribution is 0.629. The number of anilines is 1. The Hall–Kier alpha value is -2.87. The highest BCUT2D eigenvalue weighted by atomic mass is 19.1. The van der Waals surface area contributed by atoms with E-state index in [1.807, 2.05) is 60.7 Å². The zero-order valence-electron chi connectivity index (χ0n) is 14.9. The largest absolute Gasteiger partial charge is 0.399 e. The summed E-state index contributed by atoms with van der Waals surface area (Å²) >= 11 is 0. The Balaban J connectivity index is 1.60. The Bertz CT molecular complexity index is 953. The minimum absolute atomic E-state index is 0.164. The number of hydrogen-bond donors (Lipinski definition) is 1. The third kappa shape index (κ3) is 3.28. The third-order valence-electron chi connectivity index (χ3n) is 5.11. The minimum atomic E-state index is -0.164. The molecule has 1 nitrogen and oxygen atoms in total. The van der Waals surface area contributed by atoms with Gasteiger partial charge in [0.15, 0.2) is 0 Å². The smallest absolute Gasteiger partial charge is 0.131 e. The van der Waals surface area contributed by atoms with Crippen LogP contribution in [0.3, 0.4) is 0 Å². The summed E-state index contributed by atoms with van der Waals surface area (Å²) in [5.74, 6) is 0.497. The monoisotopic (exact) mass is 343 g/mol. The quantitative estimate of drug-likeness (QED) is 0.536. The summed E-state index contributed by atoms with van der Waals surface area (Å²) in [5, 5.41) is 0. The van der Waals surface area contributed by atoms with Gasteiger partial charge in [-0.3, -0.25) is 0 Å². The van der Waals surface area contributed by atoms with Crippen LogP contribution in [0.4, 0.5) is 10.1 Å². The molecule has 3 aromatic rings. The highest BCUT2D eigenvalue weighted by Gasteiger charge is 2.15. The van der Waals surface area contributed by atoms with Crippen molar-refractivity contribution >= 4 is 11.3 Å².